The molecular weight excluding hydrogens is 434 g/mol. The fraction of sp³-hybridized carbons (Fsp3) is 1.00. The van der Waals surface area contributed by atoms with Gasteiger partial charge in [-0.15, -0.1) is 0 Å². The van der Waals surface area contributed by atoms with Crippen molar-refractivity contribution in [3.63, 3.8) is 0 Å². The molecule has 0 radical (unpaired) electrons. The molecule has 2 nitrogen and oxygen atoms in total. The van der Waals surface area contributed by atoms with E-state index in [2.05, 4.69) is 13.8 Å². The molecule has 8 heteroatoms. The summed E-state index contributed by atoms with van der Waals surface area (Å²) >= 11 is 0. The van der Waals surface area contributed by atoms with Crippen LogP contribution in [-0.2, 0) is 0 Å². The molecule has 0 saturated heterocycles. The minimum absolute atomic E-state index is 0.184. The third-order valence-electron chi connectivity index (χ3n) is 10.8. The molecule has 186 valence electrons. The maximum atomic E-state index is 13.5. The Bertz CT molecular complexity index is 722. The van der Waals surface area contributed by atoms with E-state index < -0.39 is 30.0 Å². The van der Waals surface area contributed by atoms with Crippen molar-refractivity contribution in [3.05, 3.63) is 0 Å². The van der Waals surface area contributed by atoms with Gasteiger partial charge < -0.3 is 10.2 Å². The Labute approximate surface area is 186 Å². The first kappa shape index (κ1) is 24.6. The normalized spacial score (nSPS) is 49.0. The molecule has 32 heavy (non-hydrogen) atoms. The molecule has 10 atom stereocenters. The lowest BCUT2D eigenvalue weighted by Gasteiger charge is -2.62. The van der Waals surface area contributed by atoms with E-state index in [1.807, 2.05) is 0 Å². The van der Waals surface area contributed by atoms with Crippen LogP contribution < -0.4 is 0 Å². The molecule has 0 unspecified atom stereocenters. The number of fused-ring (bicyclic) bond motifs is 5. The Balaban J connectivity index is 1.54. The number of alkyl halides is 6. The lowest BCUT2D eigenvalue weighted by molar-refractivity contribution is -0.290. The first-order valence-corrected chi connectivity index (χ1v) is 12.1. The zero-order valence-corrected chi connectivity index (χ0v) is 19.1. The molecule has 2 N–H and O–H groups in total. The summed E-state index contributed by atoms with van der Waals surface area (Å²) in [4.78, 5) is 0. The Morgan fingerprint density at radius 2 is 1.44 bits per heavy atom. The van der Waals surface area contributed by atoms with Crippen molar-refractivity contribution in [2.75, 3.05) is 0 Å². The zero-order chi connectivity index (χ0) is 23.9. The molecule has 0 bridgehead atoms. The van der Waals surface area contributed by atoms with Crippen LogP contribution in [0.5, 0.6) is 0 Å². The topological polar surface area (TPSA) is 40.5 Å². The van der Waals surface area contributed by atoms with Crippen molar-refractivity contribution in [1.29, 1.82) is 0 Å². The number of rotatable bonds is 2. The van der Waals surface area contributed by atoms with Gasteiger partial charge in [0.2, 0.25) is 0 Å². The molecule has 0 aromatic rings. The highest BCUT2D eigenvalue weighted by Crippen LogP contribution is 2.69. The Kier molecular flexibility index (Phi) is 5.77. The van der Waals surface area contributed by atoms with Crippen LogP contribution in [0.15, 0.2) is 0 Å². The first-order valence-electron chi connectivity index (χ1n) is 12.1. The highest BCUT2D eigenvalue weighted by Gasteiger charge is 2.65. The Morgan fingerprint density at radius 3 is 2.03 bits per heavy atom. The molecule has 4 rings (SSSR count). The molecule has 0 amide bonds. The van der Waals surface area contributed by atoms with Crippen molar-refractivity contribution in [2.24, 2.45) is 46.3 Å². The Hall–Kier alpha value is -0.500. The molecule has 4 fully saturated rings. The van der Waals surface area contributed by atoms with Crippen LogP contribution in [0, 0.1) is 46.3 Å². The van der Waals surface area contributed by atoms with Crippen LogP contribution in [-0.4, -0.2) is 34.3 Å². The second kappa shape index (κ2) is 7.50. The summed E-state index contributed by atoms with van der Waals surface area (Å²) in [5, 5.41) is 20.2. The van der Waals surface area contributed by atoms with Crippen LogP contribution in [0.3, 0.4) is 0 Å². The van der Waals surface area contributed by atoms with E-state index in [0.29, 0.717) is 25.2 Å². The van der Waals surface area contributed by atoms with Crippen molar-refractivity contribution in [3.8, 4) is 0 Å². The van der Waals surface area contributed by atoms with Crippen LogP contribution in [0.1, 0.15) is 78.6 Å². The predicted octanol–water partition coefficient (Wildman–Crippen LogP) is 6.50. The minimum Gasteiger partial charge on any atom is -0.383 e. The van der Waals surface area contributed by atoms with Gasteiger partial charge in [-0.1, -0.05) is 20.8 Å². The van der Waals surface area contributed by atoms with E-state index in [-0.39, 0.29) is 47.3 Å². The number of aliphatic hydroxyl groups is 2. The molecular formula is C24H36F6O2. The van der Waals surface area contributed by atoms with Crippen molar-refractivity contribution >= 4 is 0 Å². The van der Waals surface area contributed by atoms with Gasteiger partial charge in [0.25, 0.3) is 0 Å². The van der Waals surface area contributed by atoms with Crippen molar-refractivity contribution in [1.82, 2.24) is 0 Å². The minimum atomic E-state index is -4.63. The highest BCUT2D eigenvalue weighted by atomic mass is 19.4. The lowest BCUT2D eigenvalue weighted by Crippen LogP contribution is -2.59. The number of halogens is 6. The largest absolute Gasteiger partial charge is 0.417 e. The maximum Gasteiger partial charge on any atom is 0.417 e. The average Bonchev–Trinajstić information content (AvgIpc) is 3.03. The standard InChI is InChI=1S/C24H36F6O2/c1-13(19(31)23(25,26)27)16-6-7-17-15-5-4-14-12-22(32,24(28,29)30)11-10-20(14,2)18(15)8-9-21(16,17)3/h13-19,31-32H,4-12H2,1-3H3/t13-,14+,15-,16+,17-,18-,19-,20-,21+,22+/m0/s1. The smallest absolute Gasteiger partial charge is 0.383 e. The molecule has 4 aliphatic carbocycles. The van der Waals surface area contributed by atoms with E-state index in [9.17, 15) is 36.6 Å². The van der Waals surface area contributed by atoms with Crippen molar-refractivity contribution in [2.45, 2.75) is 103 Å². The number of hydrogen-bond acceptors (Lipinski definition) is 2. The number of aliphatic hydroxyl groups excluding tert-OH is 1. The van der Waals surface area contributed by atoms with Crippen LogP contribution >= 0.6 is 0 Å². The summed E-state index contributed by atoms with van der Waals surface area (Å²) in [6.45, 7) is 5.69. The summed E-state index contributed by atoms with van der Waals surface area (Å²) < 4.78 is 80.1. The average molecular weight is 471 g/mol. The fourth-order valence-electron chi connectivity index (χ4n) is 8.93. The molecule has 0 spiro atoms. The van der Waals surface area contributed by atoms with Gasteiger partial charge in [-0.3, -0.25) is 0 Å². The first-order chi connectivity index (χ1) is 14.5. The van der Waals surface area contributed by atoms with Gasteiger partial charge in [-0.2, -0.15) is 26.3 Å². The Morgan fingerprint density at radius 1 is 0.812 bits per heavy atom. The quantitative estimate of drug-likeness (QED) is 0.453. The number of hydrogen-bond donors (Lipinski definition) is 2. The molecule has 4 saturated carbocycles. The van der Waals surface area contributed by atoms with Gasteiger partial charge in [0.15, 0.2) is 11.7 Å². The van der Waals surface area contributed by atoms with E-state index in [1.165, 1.54) is 6.92 Å². The summed E-state index contributed by atoms with van der Waals surface area (Å²) in [7, 11) is 0. The van der Waals surface area contributed by atoms with Gasteiger partial charge in [0.1, 0.15) is 0 Å². The van der Waals surface area contributed by atoms with Gasteiger partial charge in [-0.25, -0.2) is 0 Å². The predicted molar refractivity (Wildman–Crippen MR) is 107 cm³/mol. The van der Waals surface area contributed by atoms with Gasteiger partial charge in [0.05, 0.1) is 0 Å². The molecule has 0 aromatic heterocycles. The van der Waals surface area contributed by atoms with E-state index in [4.69, 9.17) is 0 Å². The molecule has 0 heterocycles. The lowest BCUT2D eigenvalue weighted by atomic mass is 9.43. The SMILES string of the molecule is C[C@@H]([C@H]1CC[C@H]2[C@@H]3CC[C@@H]4C[C@@](O)(C(F)(F)F)CC[C@]4(C)[C@H]3CC[C@]12C)[C@H](O)C(F)(F)F. The van der Waals surface area contributed by atoms with Gasteiger partial charge in [0, 0.05) is 0 Å². The van der Waals surface area contributed by atoms with E-state index in [0.717, 1.165) is 25.7 Å². The third kappa shape index (κ3) is 3.52. The maximum absolute atomic E-state index is 13.5. The van der Waals surface area contributed by atoms with Gasteiger partial charge in [-0.05, 0) is 104 Å². The molecule has 4 aliphatic rings. The van der Waals surface area contributed by atoms with Crippen LogP contribution in [0.4, 0.5) is 26.3 Å². The monoisotopic (exact) mass is 470 g/mol. The molecule has 0 aliphatic heterocycles. The third-order valence-corrected chi connectivity index (χ3v) is 10.8. The summed E-state index contributed by atoms with van der Waals surface area (Å²) in [6.07, 6.45) is -7.30. The molecule has 0 aromatic carbocycles. The van der Waals surface area contributed by atoms with Gasteiger partial charge >= 0.3 is 12.4 Å². The second-order valence-corrected chi connectivity index (χ2v) is 12.0. The highest BCUT2D eigenvalue weighted by molar-refractivity contribution is 5.12. The summed E-state index contributed by atoms with van der Waals surface area (Å²) in [5.74, 6) is -0.472. The fourth-order valence-corrected chi connectivity index (χ4v) is 8.93. The second-order valence-electron chi connectivity index (χ2n) is 12.0. The zero-order valence-electron chi connectivity index (χ0n) is 19.1. The van der Waals surface area contributed by atoms with E-state index in [1.54, 1.807) is 0 Å². The van der Waals surface area contributed by atoms with Crippen LogP contribution in [0.25, 0.3) is 0 Å². The van der Waals surface area contributed by atoms with Crippen LogP contribution in [0.2, 0.25) is 0 Å². The van der Waals surface area contributed by atoms with E-state index >= 15 is 0 Å². The summed E-state index contributed by atoms with van der Waals surface area (Å²) in [6, 6.07) is 0. The summed E-state index contributed by atoms with van der Waals surface area (Å²) in [5.41, 5.74) is -3.15. The van der Waals surface area contributed by atoms with Crippen molar-refractivity contribution < 1.29 is 36.6 Å².